The van der Waals surface area contributed by atoms with Crippen LogP contribution in [0.3, 0.4) is 0 Å². The van der Waals surface area contributed by atoms with Gasteiger partial charge in [0.15, 0.2) is 0 Å². The summed E-state index contributed by atoms with van der Waals surface area (Å²) in [5.74, 6) is 6.87. The molecule has 1 N–H and O–H groups in total. The maximum atomic E-state index is 9.46. The number of hydrogen-bond acceptors (Lipinski definition) is 1. The van der Waals surface area contributed by atoms with Crippen molar-refractivity contribution in [2.24, 2.45) is 35.5 Å². The van der Waals surface area contributed by atoms with Crippen molar-refractivity contribution in [3.8, 4) is 5.75 Å². The van der Waals surface area contributed by atoms with Crippen molar-refractivity contribution < 1.29 is 5.11 Å². The van der Waals surface area contributed by atoms with Gasteiger partial charge < -0.3 is 5.11 Å². The van der Waals surface area contributed by atoms with E-state index in [2.05, 4.69) is 24.3 Å². The fraction of sp³-hybridized carbons (Fsp3) is 0.556. The second kappa shape index (κ2) is 3.45. The molecule has 0 radical (unpaired) electrons. The molecule has 1 aromatic carbocycles. The van der Waals surface area contributed by atoms with Crippen LogP contribution < -0.4 is 0 Å². The van der Waals surface area contributed by atoms with Gasteiger partial charge in [0.1, 0.15) is 5.75 Å². The highest BCUT2D eigenvalue weighted by Crippen LogP contribution is 2.68. The van der Waals surface area contributed by atoms with Crippen LogP contribution in [0.2, 0.25) is 0 Å². The Labute approximate surface area is 114 Å². The standard InChI is InChI=1S/C18H20O/c19-14-5-3-10(4-6-14)15-8-13-9-16(15)18-12-2-1-11(7-12)17(13)18/h1-6,11-13,15-19H,7-9H2. The number of aromatic hydroxyl groups is 1. The Balaban J connectivity index is 1.50. The van der Waals surface area contributed by atoms with Gasteiger partial charge in [0.2, 0.25) is 0 Å². The molecule has 1 heteroatoms. The van der Waals surface area contributed by atoms with Crippen LogP contribution >= 0.6 is 0 Å². The third-order valence-corrected chi connectivity index (χ3v) is 6.59. The maximum absolute atomic E-state index is 9.46. The molecule has 3 saturated carbocycles. The van der Waals surface area contributed by atoms with Gasteiger partial charge in [-0.05, 0) is 78.4 Å². The topological polar surface area (TPSA) is 20.2 Å². The Morgan fingerprint density at radius 3 is 2.37 bits per heavy atom. The lowest BCUT2D eigenvalue weighted by Gasteiger charge is -2.37. The Morgan fingerprint density at radius 2 is 1.58 bits per heavy atom. The Hall–Kier alpha value is -1.24. The zero-order valence-electron chi connectivity index (χ0n) is 11.1. The largest absolute Gasteiger partial charge is 0.508 e. The predicted molar refractivity (Wildman–Crippen MR) is 74.8 cm³/mol. The molecule has 7 unspecified atom stereocenters. The SMILES string of the molecule is Oc1ccc(C2CC3CC2C2C4C=CC(C4)C32)cc1. The lowest BCUT2D eigenvalue weighted by Crippen LogP contribution is -2.29. The van der Waals surface area contributed by atoms with Gasteiger partial charge in [-0.15, -0.1) is 0 Å². The van der Waals surface area contributed by atoms with Crippen molar-refractivity contribution in [3.05, 3.63) is 42.0 Å². The van der Waals surface area contributed by atoms with E-state index < -0.39 is 0 Å². The number of phenols is 1. The molecule has 4 aliphatic rings. The van der Waals surface area contributed by atoms with Crippen LogP contribution in [0.1, 0.15) is 30.7 Å². The van der Waals surface area contributed by atoms with Gasteiger partial charge in [0.05, 0.1) is 0 Å². The van der Waals surface area contributed by atoms with E-state index in [0.717, 1.165) is 41.4 Å². The summed E-state index contributed by atoms with van der Waals surface area (Å²) in [5.41, 5.74) is 1.47. The summed E-state index contributed by atoms with van der Waals surface area (Å²) >= 11 is 0. The Kier molecular flexibility index (Phi) is 1.91. The second-order valence-electron chi connectivity index (χ2n) is 7.20. The average molecular weight is 252 g/mol. The first kappa shape index (κ1) is 10.5. The molecule has 5 rings (SSSR count). The lowest BCUT2D eigenvalue weighted by molar-refractivity contribution is 0.185. The molecule has 1 aromatic rings. The van der Waals surface area contributed by atoms with Gasteiger partial charge >= 0.3 is 0 Å². The Bertz CT molecular complexity index is 543. The van der Waals surface area contributed by atoms with E-state index in [1.165, 1.54) is 24.8 Å². The summed E-state index contributed by atoms with van der Waals surface area (Å²) < 4.78 is 0. The van der Waals surface area contributed by atoms with E-state index in [1.807, 2.05) is 12.1 Å². The van der Waals surface area contributed by atoms with Crippen molar-refractivity contribution in [3.63, 3.8) is 0 Å². The van der Waals surface area contributed by atoms with E-state index >= 15 is 0 Å². The minimum absolute atomic E-state index is 0.396. The molecule has 0 heterocycles. The van der Waals surface area contributed by atoms with Crippen LogP contribution in [0.5, 0.6) is 5.75 Å². The quantitative estimate of drug-likeness (QED) is 0.592. The molecular formula is C18H20O. The number of allylic oxidation sites excluding steroid dienone is 2. The summed E-state index contributed by atoms with van der Waals surface area (Å²) in [6, 6.07) is 8.02. The normalized spacial score (nSPS) is 48.9. The number of phenolic OH excluding ortho intramolecular Hbond substituents is 1. The first-order chi connectivity index (χ1) is 9.31. The lowest BCUT2D eigenvalue weighted by atomic mass is 9.68. The molecule has 3 fully saturated rings. The van der Waals surface area contributed by atoms with Gasteiger partial charge in [-0.1, -0.05) is 24.3 Å². The summed E-state index contributed by atoms with van der Waals surface area (Å²) in [7, 11) is 0. The van der Waals surface area contributed by atoms with Crippen molar-refractivity contribution in [1.29, 1.82) is 0 Å². The molecule has 0 amide bonds. The van der Waals surface area contributed by atoms with Crippen molar-refractivity contribution in [2.45, 2.75) is 25.2 Å². The maximum Gasteiger partial charge on any atom is 0.115 e. The van der Waals surface area contributed by atoms with Crippen molar-refractivity contribution in [1.82, 2.24) is 0 Å². The third-order valence-electron chi connectivity index (χ3n) is 6.59. The van der Waals surface area contributed by atoms with E-state index in [4.69, 9.17) is 0 Å². The fourth-order valence-corrected chi connectivity index (χ4v) is 6.12. The van der Waals surface area contributed by atoms with E-state index in [0.29, 0.717) is 5.75 Å². The van der Waals surface area contributed by atoms with Crippen molar-refractivity contribution in [2.75, 3.05) is 0 Å². The Morgan fingerprint density at radius 1 is 0.842 bits per heavy atom. The van der Waals surface area contributed by atoms with Crippen LogP contribution in [0.15, 0.2) is 36.4 Å². The van der Waals surface area contributed by atoms with Gasteiger partial charge in [0.25, 0.3) is 0 Å². The third kappa shape index (κ3) is 1.26. The predicted octanol–water partition coefficient (Wildman–Crippen LogP) is 3.95. The van der Waals surface area contributed by atoms with E-state index in [9.17, 15) is 5.11 Å². The van der Waals surface area contributed by atoms with Gasteiger partial charge in [-0.2, -0.15) is 0 Å². The smallest absolute Gasteiger partial charge is 0.115 e. The van der Waals surface area contributed by atoms with Crippen LogP contribution in [0.4, 0.5) is 0 Å². The summed E-state index contributed by atoms with van der Waals surface area (Å²) in [4.78, 5) is 0. The molecule has 19 heavy (non-hydrogen) atoms. The van der Waals surface area contributed by atoms with E-state index in [-0.39, 0.29) is 0 Å². The summed E-state index contributed by atoms with van der Waals surface area (Å²) in [6.07, 6.45) is 9.34. The van der Waals surface area contributed by atoms with Gasteiger partial charge in [-0.25, -0.2) is 0 Å². The van der Waals surface area contributed by atoms with Crippen LogP contribution in [-0.4, -0.2) is 5.11 Å². The zero-order valence-corrected chi connectivity index (χ0v) is 11.1. The number of rotatable bonds is 1. The highest BCUT2D eigenvalue weighted by atomic mass is 16.3. The van der Waals surface area contributed by atoms with Gasteiger partial charge in [-0.3, -0.25) is 0 Å². The first-order valence-corrected chi connectivity index (χ1v) is 7.78. The van der Waals surface area contributed by atoms with Crippen LogP contribution in [0.25, 0.3) is 0 Å². The van der Waals surface area contributed by atoms with Crippen LogP contribution in [-0.2, 0) is 0 Å². The molecule has 7 atom stereocenters. The molecule has 1 nitrogen and oxygen atoms in total. The number of hydrogen-bond donors (Lipinski definition) is 1. The highest BCUT2D eigenvalue weighted by Gasteiger charge is 2.60. The summed E-state index contributed by atoms with van der Waals surface area (Å²) in [6.45, 7) is 0. The number of benzene rings is 1. The minimum Gasteiger partial charge on any atom is -0.508 e. The monoisotopic (exact) mass is 252 g/mol. The molecule has 4 aliphatic carbocycles. The van der Waals surface area contributed by atoms with Gasteiger partial charge in [0, 0.05) is 0 Å². The molecule has 0 aromatic heterocycles. The molecule has 98 valence electrons. The number of fused-ring (bicyclic) bond motifs is 9. The first-order valence-electron chi connectivity index (χ1n) is 7.78. The van der Waals surface area contributed by atoms with Crippen LogP contribution in [0, 0.1) is 35.5 Å². The van der Waals surface area contributed by atoms with E-state index in [1.54, 1.807) is 0 Å². The summed E-state index contributed by atoms with van der Waals surface area (Å²) in [5, 5.41) is 9.46. The second-order valence-corrected chi connectivity index (χ2v) is 7.20. The molecule has 0 aliphatic heterocycles. The zero-order chi connectivity index (χ0) is 12.6. The fourth-order valence-electron chi connectivity index (χ4n) is 6.12. The highest BCUT2D eigenvalue weighted by molar-refractivity contribution is 5.32. The molecule has 0 spiro atoms. The molecular weight excluding hydrogens is 232 g/mol. The minimum atomic E-state index is 0.396. The van der Waals surface area contributed by atoms with Crippen molar-refractivity contribution >= 4 is 0 Å². The molecule has 0 saturated heterocycles. The average Bonchev–Trinajstić information content (AvgIpc) is 3.17. The molecule has 4 bridgehead atoms.